The first-order valence-corrected chi connectivity index (χ1v) is 9.29. The quantitative estimate of drug-likeness (QED) is 0.813. The van der Waals surface area contributed by atoms with Gasteiger partial charge in [-0.3, -0.25) is 9.69 Å². The number of aromatic nitrogens is 2. The molecular weight excluding hydrogens is 342 g/mol. The summed E-state index contributed by atoms with van der Waals surface area (Å²) in [6.07, 6.45) is 0. The number of aryl methyl sites for hydroxylation is 3. The summed E-state index contributed by atoms with van der Waals surface area (Å²) in [6, 6.07) is 7.86. The topological polar surface area (TPSA) is 79.4 Å². The molecule has 3 rings (SSSR count). The fourth-order valence-corrected chi connectivity index (χ4v) is 2.97. The van der Waals surface area contributed by atoms with Gasteiger partial charge in [-0.1, -0.05) is 12.1 Å². The van der Waals surface area contributed by atoms with Gasteiger partial charge in [0.05, 0.1) is 13.2 Å². The van der Waals surface area contributed by atoms with Gasteiger partial charge < -0.3 is 15.4 Å². The van der Waals surface area contributed by atoms with Crippen LogP contribution in [0.15, 0.2) is 24.3 Å². The number of rotatable bonds is 6. The highest BCUT2D eigenvalue weighted by molar-refractivity contribution is 5.92. The van der Waals surface area contributed by atoms with Crippen molar-refractivity contribution in [3.05, 3.63) is 46.8 Å². The highest BCUT2D eigenvalue weighted by Gasteiger charge is 2.13. The smallest absolute Gasteiger partial charge is 0.270 e. The monoisotopic (exact) mass is 369 g/mol. The predicted octanol–water partition coefficient (Wildman–Crippen LogP) is 2.21. The standard InChI is InChI=1S/C20H27N5O2/c1-14-4-5-15(2)17(12-14)23-20-22-16(3)13-18(24-20)19(26)21-6-7-25-8-10-27-11-9-25/h4-5,12-13H,6-11H2,1-3H3,(H,21,26)(H,22,23,24). The van der Waals surface area contributed by atoms with Gasteiger partial charge in [-0.15, -0.1) is 0 Å². The van der Waals surface area contributed by atoms with E-state index >= 15 is 0 Å². The van der Waals surface area contributed by atoms with Crippen LogP contribution in [0.1, 0.15) is 27.3 Å². The molecule has 144 valence electrons. The summed E-state index contributed by atoms with van der Waals surface area (Å²) >= 11 is 0. The van der Waals surface area contributed by atoms with Crippen molar-refractivity contribution in [1.29, 1.82) is 0 Å². The number of hydrogen-bond acceptors (Lipinski definition) is 6. The Morgan fingerprint density at radius 1 is 1.15 bits per heavy atom. The summed E-state index contributed by atoms with van der Waals surface area (Å²) in [5.74, 6) is 0.250. The SMILES string of the molecule is Cc1ccc(C)c(Nc2nc(C)cc(C(=O)NCCN3CCOCC3)n2)c1. The molecule has 2 N–H and O–H groups in total. The van der Waals surface area contributed by atoms with Gasteiger partial charge in [0.2, 0.25) is 5.95 Å². The Bertz CT molecular complexity index is 803. The molecule has 1 aliphatic heterocycles. The minimum absolute atomic E-state index is 0.183. The van der Waals surface area contributed by atoms with Crippen molar-refractivity contribution in [3.8, 4) is 0 Å². The summed E-state index contributed by atoms with van der Waals surface area (Å²) in [5.41, 5.74) is 4.31. The molecule has 7 heteroatoms. The Balaban J connectivity index is 1.63. The van der Waals surface area contributed by atoms with Crippen molar-refractivity contribution in [3.63, 3.8) is 0 Å². The number of benzene rings is 1. The lowest BCUT2D eigenvalue weighted by Crippen LogP contribution is -2.41. The predicted molar refractivity (Wildman–Crippen MR) is 106 cm³/mol. The average Bonchev–Trinajstić information content (AvgIpc) is 2.65. The summed E-state index contributed by atoms with van der Waals surface area (Å²) < 4.78 is 5.33. The number of nitrogens with one attached hydrogen (secondary N) is 2. The van der Waals surface area contributed by atoms with Crippen molar-refractivity contribution >= 4 is 17.5 Å². The van der Waals surface area contributed by atoms with E-state index in [1.54, 1.807) is 6.07 Å². The number of carbonyl (C=O) groups is 1. The van der Waals surface area contributed by atoms with E-state index in [0.29, 0.717) is 18.2 Å². The van der Waals surface area contributed by atoms with Gasteiger partial charge in [0.25, 0.3) is 5.91 Å². The zero-order chi connectivity index (χ0) is 19.2. The molecule has 0 saturated carbocycles. The third-order valence-electron chi connectivity index (χ3n) is 4.54. The van der Waals surface area contributed by atoms with Crippen LogP contribution in [-0.2, 0) is 4.74 Å². The lowest BCUT2D eigenvalue weighted by Gasteiger charge is -2.26. The molecular formula is C20H27N5O2. The normalized spacial score (nSPS) is 14.8. The molecule has 0 spiro atoms. The van der Waals surface area contributed by atoms with E-state index in [9.17, 15) is 4.79 Å². The summed E-state index contributed by atoms with van der Waals surface area (Å²) in [7, 11) is 0. The second-order valence-electron chi connectivity index (χ2n) is 6.87. The van der Waals surface area contributed by atoms with E-state index < -0.39 is 0 Å². The zero-order valence-electron chi connectivity index (χ0n) is 16.2. The summed E-state index contributed by atoms with van der Waals surface area (Å²) in [6.45, 7) is 10.7. The van der Waals surface area contributed by atoms with Crippen LogP contribution >= 0.6 is 0 Å². The number of anilines is 2. The third kappa shape index (κ3) is 5.48. The van der Waals surface area contributed by atoms with Gasteiger partial charge in [-0.25, -0.2) is 9.97 Å². The number of nitrogens with zero attached hydrogens (tertiary/aromatic N) is 3. The molecule has 2 aromatic rings. The summed E-state index contributed by atoms with van der Waals surface area (Å²) in [4.78, 5) is 23.6. The van der Waals surface area contributed by atoms with E-state index in [4.69, 9.17) is 4.74 Å². The van der Waals surface area contributed by atoms with Crippen molar-refractivity contribution in [1.82, 2.24) is 20.2 Å². The van der Waals surface area contributed by atoms with Gasteiger partial charge in [0.1, 0.15) is 5.69 Å². The third-order valence-corrected chi connectivity index (χ3v) is 4.54. The Hall–Kier alpha value is -2.51. The van der Waals surface area contributed by atoms with E-state index in [2.05, 4.69) is 31.6 Å². The van der Waals surface area contributed by atoms with E-state index in [1.807, 2.05) is 32.9 Å². The van der Waals surface area contributed by atoms with Crippen molar-refractivity contribution < 1.29 is 9.53 Å². The minimum atomic E-state index is -0.183. The maximum atomic E-state index is 12.5. The van der Waals surface area contributed by atoms with Crippen molar-refractivity contribution in [2.24, 2.45) is 0 Å². The summed E-state index contributed by atoms with van der Waals surface area (Å²) in [5, 5.41) is 6.18. The number of hydrogen-bond donors (Lipinski definition) is 2. The van der Waals surface area contributed by atoms with E-state index in [1.165, 1.54) is 0 Å². The zero-order valence-corrected chi connectivity index (χ0v) is 16.2. The maximum absolute atomic E-state index is 12.5. The highest BCUT2D eigenvalue weighted by atomic mass is 16.5. The van der Waals surface area contributed by atoms with Gasteiger partial charge in [-0.05, 0) is 44.0 Å². The molecule has 1 amide bonds. The molecule has 27 heavy (non-hydrogen) atoms. The maximum Gasteiger partial charge on any atom is 0.270 e. The van der Waals surface area contributed by atoms with Gasteiger partial charge in [0.15, 0.2) is 0 Å². The largest absolute Gasteiger partial charge is 0.379 e. The van der Waals surface area contributed by atoms with Crippen LogP contribution in [0.25, 0.3) is 0 Å². The molecule has 1 aromatic carbocycles. The molecule has 7 nitrogen and oxygen atoms in total. The molecule has 0 unspecified atom stereocenters. The van der Waals surface area contributed by atoms with Crippen molar-refractivity contribution in [2.45, 2.75) is 20.8 Å². The van der Waals surface area contributed by atoms with Crippen LogP contribution in [0.3, 0.4) is 0 Å². The molecule has 1 saturated heterocycles. The molecule has 0 radical (unpaired) electrons. The fraction of sp³-hybridized carbons (Fsp3) is 0.450. The van der Waals surface area contributed by atoms with Crippen LogP contribution in [0.5, 0.6) is 0 Å². The second-order valence-corrected chi connectivity index (χ2v) is 6.87. The average molecular weight is 369 g/mol. The van der Waals surface area contributed by atoms with Crippen LogP contribution in [0, 0.1) is 20.8 Å². The van der Waals surface area contributed by atoms with E-state index in [-0.39, 0.29) is 5.91 Å². The lowest BCUT2D eigenvalue weighted by molar-refractivity contribution is 0.0383. The second kappa shape index (κ2) is 8.92. The molecule has 1 aromatic heterocycles. The Morgan fingerprint density at radius 3 is 2.70 bits per heavy atom. The van der Waals surface area contributed by atoms with Crippen molar-refractivity contribution in [2.75, 3.05) is 44.7 Å². The molecule has 0 aliphatic carbocycles. The molecule has 2 heterocycles. The first kappa shape index (κ1) is 19.3. The number of amides is 1. The van der Waals surface area contributed by atoms with Crippen LogP contribution in [0.2, 0.25) is 0 Å². The molecule has 1 fully saturated rings. The van der Waals surface area contributed by atoms with Crippen LogP contribution in [-0.4, -0.2) is 60.2 Å². The Morgan fingerprint density at radius 2 is 1.93 bits per heavy atom. The van der Waals surface area contributed by atoms with Crippen LogP contribution in [0.4, 0.5) is 11.6 Å². The first-order valence-electron chi connectivity index (χ1n) is 9.29. The molecule has 0 bridgehead atoms. The minimum Gasteiger partial charge on any atom is -0.379 e. The lowest BCUT2D eigenvalue weighted by atomic mass is 10.1. The number of carbonyl (C=O) groups excluding carboxylic acids is 1. The number of ether oxygens (including phenoxy) is 1. The number of morpholine rings is 1. The van der Waals surface area contributed by atoms with Crippen LogP contribution < -0.4 is 10.6 Å². The van der Waals surface area contributed by atoms with Gasteiger partial charge in [0, 0.05) is 37.6 Å². The van der Waals surface area contributed by atoms with Gasteiger partial charge in [-0.2, -0.15) is 0 Å². The Labute approximate surface area is 160 Å². The first-order chi connectivity index (χ1) is 13.0. The molecule has 1 aliphatic rings. The fourth-order valence-electron chi connectivity index (χ4n) is 2.97. The Kier molecular flexibility index (Phi) is 6.36. The molecule has 0 atom stereocenters. The van der Waals surface area contributed by atoms with E-state index in [0.717, 1.165) is 55.4 Å². The highest BCUT2D eigenvalue weighted by Crippen LogP contribution is 2.20. The van der Waals surface area contributed by atoms with Gasteiger partial charge >= 0.3 is 0 Å².